The van der Waals surface area contributed by atoms with Gasteiger partial charge in [0.15, 0.2) is 0 Å². The summed E-state index contributed by atoms with van der Waals surface area (Å²) in [6, 6.07) is 6.97. The van der Waals surface area contributed by atoms with E-state index in [2.05, 4.69) is 5.10 Å². The molecule has 0 saturated carbocycles. The standard InChI is InChI=1S/C15H18ClN3O4/c1-3-13-17-19(15(21)23-13)10-14(20)18(2)8-9-22-12-6-4-11(16)5-7-12/h4-7H,3,8-10H2,1-2H3. The van der Waals surface area contributed by atoms with E-state index in [9.17, 15) is 9.59 Å². The van der Waals surface area contributed by atoms with Gasteiger partial charge in [-0.1, -0.05) is 18.5 Å². The molecule has 0 fully saturated rings. The van der Waals surface area contributed by atoms with E-state index >= 15 is 0 Å². The van der Waals surface area contributed by atoms with Gasteiger partial charge < -0.3 is 14.1 Å². The fraction of sp³-hybridized carbons (Fsp3) is 0.400. The molecule has 0 bridgehead atoms. The number of carbonyl (C=O) groups excluding carboxylic acids is 1. The maximum Gasteiger partial charge on any atom is 0.437 e. The molecule has 7 nitrogen and oxygen atoms in total. The molecule has 0 aliphatic rings. The molecule has 1 heterocycles. The molecule has 0 radical (unpaired) electrons. The largest absolute Gasteiger partial charge is 0.492 e. The normalized spacial score (nSPS) is 10.6. The summed E-state index contributed by atoms with van der Waals surface area (Å²) in [5.41, 5.74) is 0. The molecular formula is C15H18ClN3O4. The highest BCUT2D eigenvalue weighted by molar-refractivity contribution is 6.30. The summed E-state index contributed by atoms with van der Waals surface area (Å²) in [6.45, 7) is 2.38. The van der Waals surface area contributed by atoms with E-state index in [0.717, 1.165) is 4.68 Å². The second kappa shape index (κ2) is 7.82. The molecule has 0 atom stereocenters. The smallest absolute Gasteiger partial charge is 0.437 e. The summed E-state index contributed by atoms with van der Waals surface area (Å²) < 4.78 is 11.4. The number of hydrogen-bond donors (Lipinski definition) is 0. The Hall–Kier alpha value is -2.28. The van der Waals surface area contributed by atoms with Gasteiger partial charge in [0.25, 0.3) is 0 Å². The molecule has 23 heavy (non-hydrogen) atoms. The van der Waals surface area contributed by atoms with Crippen molar-refractivity contribution in [3.05, 3.63) is 45.7 Å². The van der Waals surface area contributed by atoms with E-state index in [1.54, 1.807) is 31.3 Å². The Labute approximate surface area is 138 Å². The first-order chi connectivity index (χ1) is 11.0. The van der Waals surface area contributed by atoms with Crippen molar-refractivity contribution in [2.75, 3.05) is 20.2 Å². The van der Waals surface area contributed by atoms with Crippen molar-refractivity contribution < 1.29 is 13.9 Å². The first-order valence-electron chi connectivity index (χ1n) is 7.18. The van der Waals surface area contributed by atoms with Gasteiger partial charge in [-0.05, 0) is 24.3 Å². The molecule has 1 amide bonds. The molecule has 0 aliphatic carbocycles. The second-order valence-electron chi connectivity index (χ2n) is 4.89. The SMILES string of the molecule is CCc1nn(CC(=O)N(C)CCOc2ccc(Cl)cc2)c(=O)o1. The lowest BCUT2D eigenvalue weighted by Crippen LogP contribution is -2.35. The molecule has 1 aromatic carbocycles. The zero-order chi connectivity index (χ0) is 16.8. The number of benzene rings is 1. The van der Waals surface area contributed by atoms with Crippen LogP contribution < -0.4 is 10.5 Å². The topological polar surface area (TPSA) is 77.6 Å². The number of carbonyl (C=O) groups is 1. The summed E-state index contributed by atoms with van der Waals surface area (Å²) in [4.78, 5) is 25.0. The van der Waals surface area contributed by atoms with Gasteiger partial charge in [-0.15, -0.1) is 5.10 Å². The number of halogens is 1. The molecule has 2 aromatic rings. The van der Waals surface area contributed by atoms with Crippen LogP contribution in [-0.4, -0.2) is 40.8 Å². The molecule has 124 valence electrons. The first-order valence-corrected chi connectivity index (χ1v) is 7.56. The number of ether oxygens (including phenoxy) is 1. The number of rotatable bonds is 7. The van der Waals surface area contributed by atoms with Crippen molar-refractivity contribution in [1.29, 1.82) is 0 Å². The first kappa shape index (κ1) is 17.1. The Bertz CT molecular complexity index is 708. The number of nitrogens with zero attached hydrogens (tertiary/aromatic N) is 3. The van der Waals surface area contributed by atoms with Crippen LogP contribution in [0.2, 0.25) is 5.02 Å². The van der Waals surface area contributed by atoms with E-state index in [1.165, 1.54) is 4.90 Å². The minimum Gasteiger partial charge on any atom is -0.492 e. The van der Waals surface area contributed by atoms with Gasteiger partial charge in [0.1, 0.15) is 18.9 Å². The molecule has 0 unspecified atom stereocenters. The predicted octanol–water partition coefficient (Wildman–Crippen LogP) is 1.59. The van der Waals surface area contributed by atoms with Crippen molar-refractivity contribution in [2.45, 2.75) is 19.9 Å². The van der Waals surface area contributed by atoms with Crippen LogP contribution in [0.25, 0.3) is 0 Å². The lowest BCUT2D eigenvalue weighted by atomic mass is 10.3. The lowest BCUT2D eigenvalue weighted by Gasteiger charge is -2.17. The van der Waals surface area contributed by atoms with Gasteiger partial charge in [0.05, 0.1) is 6.54 Å². The Kier molecular flexibility index (Phi) is 5.81. The quantitative estimate of drug-likeness (QED) is 0.765. The summed E-state index contributed by atoms with van der Waals surface area (Å²) in [7, 11) is 1.64. The Morgan fingerprint density at radius 3 is 2.70 bits per heavy atom. The van der Waals surface area contributed by atoms with Crippen LogP contribution in [0.4, 0.5) is 0 Å². The maximum absolute atomic E-state index is 12.1. The van der Waals surface area contributed by atoms with Gasteiger partial charge >= 0.3 is 5.76 Å². The van der Waals surface area contributed by atoms with Crippen molar-refractivity contribution in [2.24, 2.45) is 0 Å². The monoisotopic (exact) mass is 339 g/mol. The molecule has 0 N–H and O–H groups in total. The van der Waals surface area contributed by atoms with Crippen LogP contribution in [0.1, 0.15) is 12.8 Å². The van der Waals surface area contributed by atoms with Crippen molar-refractivity contribution in [1.82, 2.24) is 14.7 Å². The minimum absolute atomic E-state index is 0.153. The molecule has 0 saturated heterocycles. The van der Waals surface area contributed by atoms with Gasteiger partial charge in [0.2, 0.25) is 11.8 Å². The third kappa shape index (κ3) is 4.85. The molecule has 0 aliphatic heterocycles. The van der Waals surface area contributed by atoms with E-state index in [4.69, 9.17) is 20.8 Å². The van der Waals surface area contributed by atoms with Crippen LogP contribution >= 0.6 is 11.6 Å². The fourth-order valence-corrected chi connectivity index (χ4v) is 1.92. The summed E-state index contributed by atoms with van der Waals surface area (Å²) in [6.07, 6.45) is 0.501. The summed E-state index contributed by atoms with van der Waals surface area (Å²) in [5.74, 6) is 0.121. The lowest BCUT2D eigenvalue weighted by molar-refractivity contribution is -0.131. The Morgan fingerprint density at radius 1 is 1.39 bits per heavy atom. The van der Waals surface area contributed by atoms with Crippen LogP contribution in [0, 0.1) is 0 Å². The van der Waals surface area contributed by atoms with Crippen molar-refractivity contribution in [3.63, 3.8) is 0 Å². The highest BCUT2D eigenvalue weighted by atomic mass is 35.5. The fourth-order valence-electron chi connectivity index (χ4n) is 1.80. The van der Waals surface area contributed by atoms with Gasteiger partial charge in [-0.25, -0.2) is 4.79 Å². The third-order valence-electron chi connectivity index (χ3n) is 3.17. The highest BCUT2D eigenvalue weighted by Gasteiger charge is 2.14. The third-order valence-corrected chi connectivity index (χ3v) is 3.42. The molecular weight excluding hydrogens is 322 g/mol. The Balaban J connectivity index is 1.81. The van der Waals surface area contributed by atoms with Crippen LogP contribution in [0.15, 0.2) is 33.5 Å². The number of hydrogen-bond acceptors (Lipinski definition) is 5. The van der Waals surface area contributed by atoms with Crippen LogP contribution in [-0.2, 0) is 17.8 Å². The number of aryl methyl sites for hydroxylation is 1. The molecule has 0 spiro atoms. The number of aromatic nitrogens is 2. The molecule has 1 aromatic heterocycles. The Morgan fingerprint density at radius 2 is 2.09 bits per heavy atom. The average Bonchev–Trinajstić information content (AvgIpc) is 2.89. The zero-order valence-corrected chi connectivity index (χ0v) is 13.7. The summed E-state index contributed by atoms with van der Waals surface area (Å²) in [5, 5.41) is 4.57. The summed E-state index contributed by atoms with van der Waals surface area (Å²) >= 11 is 5.79. The van der Waals surface area contributed by atoms with E-state index in [0.29, 0.717) is 36.2 Å². The zero-order valence-electron chi connectivity index (χ0n) is 13.0. The average molecular weight is 340 g/mol. The van der Waals surface area contributed by atoms with Crippen LogP contribution in [0.3, 0.4) is 0 Å². The van der Waals surface area contributed by atoms with Crippen molar-refractivity contribution >= 4 is 17.5 Å². The van der Waals surface area contributed by atoms with Crippen molar-refractivity contribution in [3.8, 4) is 5.75 Å². The second-order valence-corrected chi connectivity index (χ2v) is 5.33. The number of amides is 1. The minimum atomic E-state index is -0.624. The van der Waals surface area contributed by atoms with Crippen LogP contribution in [0.5, 0.6) is 5.75 Å². The number of likely N-dealkylation sites (N-methyl/N-ethyl adjacent to an activating group) is 1. The molecule has 8 heteroatoms. The predicted molar refractivity (Wildman–Crippen MR) is 84.7 cm³/mol. The van der Waals surface area contributed by atoms with Gasteiger partial charge in [-0.3, -0.25) is 4.79 Å². The van der Waals surface area contributed by atoms with E-state index in [-0.39, 0.29) is 12.5 Å². The van der Waals surface area contributed by atoms with Gasteiger partial charge in [0, 0.05) is 18.5 Å². The van der Waals surface area contributed by atoms with E-state index < -0.39 is 5.76 Å². The maximum atomic E-state index is 12.1. The molecule has 2 rings (SSSR count). The van der Waals surface area contributed by atoms with E-state index in [1.807, 2.05) is 6.92 Å². The highest BCUT2D eigenvalue weighted by Crippen LogP contribution is 2.15. The van der Waals surface area contributed by atoms with Gasteiger partial charge in [-0.2, -0.15) is 4.68 Å².